The van der Waals surface area contributed by atoms with Crippen LogP contribution in [0.4, 0.5) is 0 Å². The Labute approximate surface area is 87.1 Å². The van der Waals surface area contributed by atoms with E-state index in [0.717, 1.165) is 0 Å². The third-order valence-electron chi connectivity index (χ3n) is 1.78. The molecule has 0 aliphatic heterocycles. The van der Waals surface area contributed by atoms with Crippen molar-refractivity contribution in [3.8, 4) is 5.75 Å². The van der Waals surface area contributed by atoms with Gasteiger partial charge in [-0.15, -0.1) is 0 Å². The normalized spacial score (nSPS) is 14.3. The predicted octanol–water partition coefficient (Wildman–Crippen LogP) is -1.06. The zero-order valence-corrected chi connectivity index (χ0v) is 8.27. The minimum atomic E-state index is -1.57. The second-order valence-corrected chi connectivity index (χ2v) is 3.30. The number of aliphatic hydroxyl groups is 1. The fourth-order valence-corrected chi connectivity index (χ4v) is 1.15. The molecule has 0 spiro atoms. The number of benzene rings is 1. The van der Waals surface area contributed by atoms with Crippen LogP contribution < -0.4 is 15.6 Å². The number of ether oxygens (including phenoxy) is 1. The van der Waals surface area contributed by atoms with Crippen LogP contribution in [0.5, 0.6) is 5.75 Å². The molecule has 0 radical (unpaired) electrons. The molecule has 0 bridgehead atoms. The zero-order valence-electron chi connectivity index (χ0n) is 8.27. The molecule has 1 aromatic carbocycles. The zero-order chi connectivity index (χ0) is 11.5. The molecule has 0 heterocycles. The fraction of sp³-hybridized carbons (Fsp3) is 0.300. The molecular weight excluding hydrogens is 198 g/mol. The van der Waals surface area contributed by atoms with Crippen LogP contribution in [0.3, 0.4) is 0 Å². The van der Waals surface area contributed by atoms with Crippen LogP contribution in [0.1, 0.15) is 12.5 Å². The summed E-state index contributed by atoms with van der Waals surface area (Å²) in [6.07, 6.45) is 0. The van der Waals surface area contributed by atoms with E-state index in [9.17, 15) is 15.0 Å². The lowest BCUT2D eigenvalue weighted by Gasteiger charge is -2.21. The van der Waals surface area contributed by atoms with Gasteiger partial charge >= 0.3 is 0 Å². The summed E-state index contributed by atoms with van der Waals surface area (Å²) in [7, 11) is 0. The molecule has 1 atom stereocenters. The molecular formula is C10H12NO4-. The van der Waals surface area contributed by atoms with Crippen LogP contribution in [-0.4, -0.2) is 17.7 Å². The van der Waals surface area contributed by atoms with E-state index in [2.05, 4.69) is 0 Å². The lowest BCUT2D eigenvalue weighted by molar-refractivity contribution is -0.307. The first kappa shape index (κ1) is 11.5. The Morgan fingerprint density at radius 2 is 2.20 bits per heavy atom. The number of rotatable bonds is 4. The third-order valence-corrected chi connectivity index (χ3v) is 1.78. The SMILES string of the molecule is CC(N)(O)c1ccccc1OCC(=O)[O-]. The standard InChI is InChI=1S/C10H13NO4/c1-10(11,14)7-4-2-3-5-8(7)15-6-9(12)13/h2-5,14H,6,11H2,1H3,(H,12,13)/p-1. The van der Waals surface area contributed by atoms with Crippen molar-refractivity contribution in [3.63, 3.8) is 0 Å². The molecule has 1 aromatic rings. The highest BCUT2D eigenvalue weighted by molar-refractivity contribution is 5.66. The van der Waals surface area contributed by atoms with Crippen LogP contribution in [0, 0.1) is 0 Å². The van der Waals surface area contributed by atoms with Crippen LogP contribution in [-0.2, 0) is 10.5 Å². The quantitative estimate of drug-likeness (QED) is 0.617. The third kappa shape index (κ3) is 3.23. The van der Waals surface area contributed by atoms with Gasteiger partial charge in [0, 0.05) is 5.56 Å². The molecule has 0 saturated carbocycles. The monoisotopic (exact) mass is 210 g/mol. The highest BCUT2D eigenvalue weighted by Gasteiger charge is 2.20. The molecule has 0 aliphatic rings. The van der Waals surface area contributed by atoms with Crippen molar-refractivity contribution in [1.29, 1.82) is 0 Å². The van der Waals surface area contributed by atoms with Crippen LogP contribution >= 0.6 is 0 Å². The van der Waals surface area contributed by atoms with E-state index in [1.165, 1.54) is 13.0 Å². The smallest absolute Gasteiger partial charge is 0.140 e. The molecule has 0 saturated heterocycles. The Morgan fingerprint density at radius 1 is 1.60 bits per heavy atom. The van der Waals surface area contributed by atoms with Gasteiger partial charge in [0.05, 0.1) is 5.97 Å². The average molecular weight is 210 g/mol. The summed E-state index contributed by atoms with van der Waals surface area (Å²) in [4.78, 5) is 10.2. The molecule has 1 unspecified atom stereocenters. The van der Waals surface area contributed by atoms with Crippen LogP contribution in [0.25, 0.3) is 0 Å². The number of carboxylic acids is 1. The van der Waals surface area contributed by atoms with E-state index < -0.39 is 18.3 Å². The van der Waals surface area contributed by atoms with Gasteiger partial charge in [0.15, 0.2) is 0 Å². The van der Waals surface area contributed by atoms with Crippen molar-refractivity contribution in [2.75, 3.05) is 6.61 Å². The van der Waals surface area contributed by atoms with E-state index in [1.54, 1.807) is 18.2 Å². The molecule has 5 nitrogen and oxygen atoms in total. The minimum absolute atomic E-state index is 0.231. The van der Waals surface area contributed by atoms with Crippen LogP contribution in [0.15, 0.2) is 24.3 Å². The maximum absolute atomic E-state index is 10.2. The van der Waals surface area contributed by atoms with Crippen molar-refractivity contribution in [2.24, 2.45) is 5.73 Å². The van der Waals surface area contributed by atoms with Gasteiger partial charge in [0.1, 0.15) is 18.1 Å². The highest BCUT2D eigenvalue weighted by Crippen LogP contribution is 2.25. The van der Waals surface area contributed by atoms with E-state index in [4.69, 9.17) is 10.5 Å². The topological polar surface area (TPSA) is 95.6 Å². The summed E-state index contributed by atoms with van der Waals surface area (Å²) in [5.41, 5.74) is 4.23. The molecule has 0 aromatic heterocycles. The molecule has 1 rings (SSSR count). The Bertz CT molecular complexity index is 357. The highest BCUT2D eigenvalue weighted by atomic mass is 16.5. The van der Waals surface area contributed by atoms with Gasteiger partial charge in [-0.3, -0.25) is 5.73 Å². The molecule has 3 N–H and O–H groups in total. The van der Waals surface area contributed by atoms with Crippen LogP contribution in [0.2, 0.25) is 0 Å². The van der Waals surface area contributed by atoms with E-state index >= 15 is 0 Å². The Kier molecular flexibility index (Phi) is 3.28. The maximum atomic E-state index is 10.2. The second kappa shape index (κ2) is 4.29. The lowest BCUT2D eigenvalue weighted by atomic mass is 10.0. The number of aliphatic carboxylic acids is 1. The Balaban J connectivity index is 2.92. The first-order chi connectivity index (χ1) is 6.91. The summed E-state index contributed by atoms with van der Waals surface area (Å²) in [5.74, 6) is -1.10. The van der Waals surface area contributed by atoms with Gasteiger partial charge in [0.25, 0.3) is 0 Å². The molecule has 5 heteroatoms. The molecule has 15 heavy (non-hydrogen) atoms. The van der Waals surface area contributed by atoms with E-state index in [0.29, 0.717) is 5.56 Å². The fourth-order valence-electron chi connectivity index (χ4n) is 1.15. The van der Waals surface area contributed by atoms with Crippen molar-refractivity contribution in [2.45, 2.75) is 12.6 Å². The van der Waals surface area contributed by atoms with Gasteiger partial charge in [-0.05, 0) is 13.0 Å². The number of carbonyl (C=O) groups excluding carboxylic acids is 1. The first-order valence-electron chi connectivity index (χ1n) is 4.34. The Morgan fingerprint density at radius 3 is 2.73 bits per heavy atom. The number of nitrogens with two attached hydrogens (primary N) is 1. The first-order valence-corrected chi connectivity index (χ1v) is 4.34. The predicted molar refractivity (Wildman–Crippen MR) is 50.7 cm³/mol. The number of hydrogen-bond acceptors (Lipinski definition) is 5. The molecule has 82 valence electrons. The van der Waals surface area contributed by atoms with Gasteiger partial charge in [0.2, 0.25) is 0 Å². The van der Waals surface area contributed by atoms with Gasteiger partial charge in [-0.2, -0.15) is 0 Å². The number of carbonyl (C=O) groups is 1. The summed E-state index contributed by atoms with van der Waals surface area (Å²) in [6, 6.07) is 6.41. The van der Waals surface area contributed by atoms with Crippen molar-refractivity contribution in [3.05, 3.63) is 29.8 Å². The number of hydrogen-bond donors (Lipinski definition) is 2. The summed E-state index contributed by atoms with van der Waals surface area (Å²) < 4.78 is 4.92. The lowest BCUT2D eigenvalue weighted by Crippen LogP contribution is -2.34. The number of carboxylic acid groups (broad SMARTS) is 1. The van der Waals surface area contributed by atoms with Crippen molar-refractivity contribution >= 4 is 5.97 Å². The van der Waals surface area contributed by atoms with E-state index in [-0.39, 0.29) is 5.75 Å². The maximum Gasteiger partial charge on any atom is 0.140 e. The largest absolute Gasteiger partial charge is 0.546 e. The van der Waals surface area contributed by atoms with Crippen molar-refractivity contribution < 1.29 is 19.7 Å². The summed E-state index contributed by atoms with van der Waals surface area (Å²) >= 11 is 0. The van der Waals surface area contributed by atoms with Gasteiger partial charge in [-0.25, -0.2) is 0 Å². The summed E-state index contributed by atoms with van der Waals surface area (Å²) in [6.45, 7) is 0.807. The average Bonchev–Trinajstić information content (AvgIpc) is 2.13. The van der Waals surface area contributed by atoms with Gasteiger partial charge in [-0.1, -0.05) is 18.2 Å². The minimum Gasteiger partial charge on any atom is -0.546 e. The number of para-hydroxylation sites is 1. The van der Waals surface area contributed by atoms with Gasteiger partial charge < -0.3 is 19.7 Å². The molecule has 0 amide bonds. The summed E-state index contributed by atoms with van der Waals surface area (Å²) in [5, 5.41) is 19.8. The van der Waals surface area contributed by atoms with Crippen molar-refractivity contribution in [1.82, 2.24) is 0 Å². The molecule has 0 fully saturated rings. The molecule has 0 aliphatic carbocycles. The Hall–Kier alpha value is -1.59. The second-order valence-electron chi connectivity index (χ2n) is 3.30. The van der Waals surface area contributed by atoms with E-state index in [1.807, 2.05) is 0 Å².